The van der Waals surface area contributed by atoms with Gasteiger partial charge in [-0.2, -0.15) is 0 Å². The van der Waals surface area contributed by atoms with Gasteiger partial charge in [0.2, 0.25) is 5.91 Å². The number of nitrogens with one attached hydrogen (secondary N) is 2. The lowest BCUT2D eigenvalue weighted by Crippen LogP contribution is -2.47. The Balaban J connectivity index is 1.52. The second-order valence-corrected chi connectivity index (χ2v) is 10.8. The topological polar surface area (TPSA) is 117 Å². The van der Waals surface area contributed by atoms with Crippen molar-refractivity contribution < 1.29 is 19.1 Å². The smallest absolute Gasteiger partial charge is 0.271 e. The number of para-hydroxylation sites is 2. The summed E-state index contributed by atoms with van der Waals surface area (Å²) in [5.74, 6) is -1.43. The number of alkyl halides is 1. The van der Waals surface area contributed by atoms with Crippen molar-refractivity contribution >= 4 is 22.8 Å². The zero-order chi connectivity index (χ0) is 29.2. The number of aliphatic hydroxyl groups excluding tert-OH is 1. The Morgan fingerprint density at radius 2 is 1.63 bits per heavy atom. The fraction of sp³-hybridized carbons (Fsp3) is 0.344. The lowest BCUT2D eigenvalue weighted by molar-refractivity contribution is -0.126. The summed E-state index contributed by atoms with van der Waals surface area (Å²) in [6, 6.07) is 19.6. The molecular formula is C32H36FN5O3. The average molecular weight is 558 g/mol. The first-order valence-electron chi connectivity index (χ1n) is 13.8. The van der Waals surface area contributed by atoms with E-state index in [2.05, 4.69) is 25.6 Å². The van der Waals surface area contributed by atoms with E-state index in [1.807, 2.05) is 48.5 Å². The van der Waals surface area contributed by atoms with Crippen molar-refractivity contribution in [2.75, 3.05) is 0 Å². The van der Waals surface area contributed by atoms with E-state index < -0.39 is 29.6 Å². The Bertz CT molecular complexity index is 1430. The molecule has 2 amide bonds. The van der Waals surface area contributed by atoms with Gasteiger partial charge in [-0.25, -0.2) is 9.37 Å². The minimum Gasteiger partial charge on any atom is -0.391 e. The molecule has 41 heavy (non-hydrogen) atoms. The number of halogens is 1. The lowest BCUT2D eigenvalue weighted by atomic mass is 9.87. The van der Waals surface area contributed by atoms with Crippen LogP contribution in [0.3, 0.4) is 0 Å². The largest absolute Gasteiger partial charge is 0.391 e. The first-order valence-corrected chi connectivity index (χ1v) is 13.8. The Hall–Kier alpha value is -4.24. The van der Waals surface area contributed by atoms with Crippen LogP contribution in [0.5, 0.6) is 0 Å². The molecule has 3 atom stereocenters. The number of nitrogens with zero attached hydrogens (tertiary/aromatic N) is 3. The number of hydrogen-bond acceptors (Lipinski definition) is 6. The number of aliphatic hydroxyl groups is 1. The van der Waals surface area contributed by atoms with Crippen molar-refractivity contribution in [3.05, 3.63) is 102 Å². The molecule has 0 spiro atoms. The van der Waals surface area contributed by atoms with Gasteiger partial charge in [0.15, 0.2) is 0 Å². The van der Waals surface area contributed by atoms with Crippen LogP contribution in [-0.2, 0) is 17.8 Å². The molecule has 2 aromatic carbocycles. The van der Waals surface area contributed by atoms with Gasteiger partial charge in [-0.05, 0) is 74.9 Å². The van der Waals surface area contributed by atoms with Gasteiger partial charge < -0.3 is 15.7 Å². The maximum Gasteiger partial charge on any atom is 0.271 e. The van der Waals surface area contributed by atoms with Crippen LogP contribution in [-0.4, -0.2) is 49.7 Å². The van der Waals surface area contributed by atoms with E-state index in [-0.39, 0.29) is 37.4 Å². The molecule has 3 N–H and O–H groups in total. The van der Waals surface area contributed by atoms with Gasteiger partial charge in [-0.15, -0.1) is 0 Å². The SMILES string of the molecule is CC(C)(F)CC[C@H](C[C@H](O)[C@H](Cc1ccccc1)NC(=O)c1cnc2ccccc2n1)C(=O)NCc1ccncc1. The normalized spacial score (nSPS) is 13.8. The zero-order valence-electron chi connectivity index (χ0n) is 23.3. The van der Waals surface area contributed by atoms with Crippen molar-refractivity contribution in [3.63, 3.8) is 0 Å². The number of carbonyl (C=O) groups excluding carboxylic acids is 2. The number of carbonyl (C=O) groups is 2. The van der Waals surface area contributed by atoms with Crippen molar-refractivity contribution in [1.29, 1.82) is 0 Å². The van der Waals surface area contributed by atoms with E-state index in [0.717, 1.165) is 11.1 Å². The van der Waals surface area contributed by atoms with Crippen LogP contribution in [0.2, 0.25) is 0 Å². The maximum atomic E-state index is 14.4. The highest BCUT2D eigenvalue weighted by atomic mass is 19.1. The molecule has 4 rings (SSSR count). The first-order chi connectivity index (χ1) is 19.7. The van der Waals surface area contributed by atoms with Crippen molar-refractivity contribution in [2.24, 2.45) is 5.92 Å². The number of rotatable bonds is 13. The highest BCUT2D eigenvalue weighted by molar-refractivity contribution is 5.94. The third-order valence-electron chi connectivity index (χ3n) is 6.96. The van der Waals surface area contributed by atoms with Crippen LogP contribution in [0, 0.1) is 5.92 Å². The van der Waals surface area contributed by atoms with Crippen molar-refractivity contribution in [3.8, 4) is 0 Å². The van der Waals surface area contributed by atoms with E-state index in [9.17, 15) is 19.1 Å². The molecule has 0 fully saturated rings. The summed E-state index contributed by atoms with van der Waals surface area (Å²) in [4.78, 5) is 39.3. The standard InChI is InChI=1S/C32H36FN5O3/c1-32(2,33)15-12-24(30(40)36-20-23-13-16-34-17-14-23)19-29(39)27(18-22-8-4-3-5-9-22)38-31(41)28-21-35-25-10-6-7-11-26(25)37-28/h3-11,13-14,16-17,21,24,27,29,39H,12,15,18-20H2,1-2H3,(H,36,40)(H,38,41)/t24-,27+,29+/m1/s1. The zero-order valence-corrected chi connectivity index (χ0v) is 23.3. The van der Waals surface area contributed by atoms with Gasteiger partial charge in [-0.3, -0.25) is 19.6 Å². The van der Waals surface area contributed by atoms with Crippen molar-refractivity contribution in [1.82, 2.24) is 25.6 Å². The highest BCUT2D eigenvalue weighted by Gasteiger charge is 2.30. The average Bonchev–Trinajstić information content (AvgIpc) is 2.97. The Kier molecular flexibility index (Phi) is 10.1. The Morgan fingerprint density at radius 1 is 0.951 bits per heavy atom. The molecule has 0 bridgehead atoms. The summed E-state index contributed by atoms with van der Waals surface area (Å²) >= 11 is 0. The molecule has 214 valence electrons. The Morgan fingerprint density at radius 3 is 2.34 bits per heavy atom. The molecule has 0 aliphatic rings. The molecule has 0 radical (unpaired) electrons. The lowest BCUT2D eigenvalue weighted by Gasteiger charge is -2.28. The highest BCUT2D eigenvalue weighted by Crippen LogP contribution is 2.25. The van der Waals surface area contributed by atoms with Gasteiger partial charge in [-0.1, -0.05) is 42.5 Å². The molecule has 0 saturated carbocycles. The monoisotopic (exact) mass is 557 g/mol. The van der Waals surface area contributed by atoms with Crippen molar-refractivity contribution in [2.45, 2.75) is 63.9 Å². The second kappa shape index (κ2) is 13.9. The predicted molar refractivity (Wildman–Crippen MR) is 156 cm³/mol. The van der Waals surface area contributed by atoms with E-state index in [0.29, 0.717) is 17.5 Å². The number of hydrogen-bond donors (Lipinski definition) is 3. The minimum absolute atomic E-state index is 0.0411. The number of amides is 2. The van der Waals surface area contributed by atoms with Gasteiger partial charge in [0.05, 0.1) is 29.4 Å². The molecule has 4 aromatic rings. The van der Waals surface area contributed by atoms with Gasteiger partial charge in [0.25, 0.3) is 5.91 Å². The first kappa shape index (κ1) is 29.7. The number of pyridine rings is 1. The third kappa shape index (κ3) is 9.14. The molecule has 8 nitrogen and oxygen atoms in total. The van der Waals surface area contributed by atoms with E-state index >= 15 is 0 Å². The molecule has 2 heterocycles. The van der Waals surface area contributed by atoms with E-state index in [4.69, 9.17) is 0 Å². The summed E-state index contributed by atoms with van der Waals surface area (Å²) in [6.07, 6.45) is 4.36. The quantitative estimate of drug-likeness (QED) is 0.222. The third-order valence-corrected chi connectivity index (χ3v) is 6.96. The number of aromatic nitrogens is 3. The second-order valence-electron chi connectivity index (χ2n) is 10.8. The predicted octanol–water partition coefficient (Wildman–Crippen LogP) is 4.58. The van der Waals surface area contributed by atoms with Crippen LogP contribution < -0.4 is 10.6 Å². The van der Waals surface area contributed by atoms with Gasteiger partial charge in [0.1, 0.15) is 11.4 Å². The summed E-state index contributed by atoms with van der Waals surface area (Å²) in [6.45, 7) is 3.23. The molecule has 0 saturated heterocycles. The summed E-state index contributed by atoms with van der Waals surface area (Å²) in [7, 11) is 0. The molecule has 0 aliphatic carbocycles. The van der Waals surface area contributed by atoms with E-state index in [1.54, 1.807) is 30.6 Å². The summed E-state index contributed by atoms with van der Waals surface area (Å²) in [5.41, 5.74) is 1.69. The molecular weight excluding hydrogens is 521 g/mol. The fourth-order valence-electron chi connectivity index (χ4n) is 4.62. The number of fused-ring (bicyclic) bond motifs is 1. The van der Waals surface area contributed by atoms with Gasteiger partial charge >= 0.3 is 0 Å². The molecule has 2 aromatic heterocycles. The van der Waals surface area contributed by atoms with Crippen LogP contribution in [0.1, 0.15) is 54.7 Å². The van der Waals surface area contributed by atoms with E-state index in [1.165, 1.54) is 20.0 Å². The van der Waals surface area contributed by atoms with Crippen LogP contribution in [0.15, 0.2) is 85.3 Å². The van der Waals surface area contributed by atoms with Crippen LogP contribution >= 0.6 is 0 Å². The minimum atomic E-state index is -1.47. The Labute approximate surface area is 239 Å². The summed E-state index contributed by atoms with van der Waals surface area (Å²) in [5, 5.41) is 17.3. The van der Waals surface area contributed by atoms with Crippen LogP contribution in [0.4, 0.5) is 4.39 Å². The maximum absolute atomic E-state index is 14.4. The van der Waals surface area contributed by atoms with Gasteiger partial charge in [0, 0.05) is 24.9 Å². The molecule has 0 aliphatic heterocycles. The molecule has 9 heteroatoms. The van der Waals surface area contributed by atoms with Crippen LogP contribution in [0.25, 0.3) is 11.0 Å². The summed E-state index contributed by atoms with van der Waals surface area (Å²) < 4.78 is 14.4. The fourth-order valence-corrected chi connectivity index (χ4v) is 4.62. The number of benzene rings is 2. The molecule has 0 unspecified atom stereocenters.